The number of carbonyl (C=O) groups is 3. The summed E-state index contributed by atoms with van der Waals surface area (Å²) in [6, 6.07) is 7.04. The molecule has 1 aromatic heterocycles. The molecule has 0 spiro atoms. The van der Waals surface area contributed by atoms with Crippen LogP contribution in [0.1, 0.15) is 19.5 Å². The fourth-order valence-corrected chi connectivity index (χ4v) is 3.49. The Bertz CT molecular complexity index is 919. The summed E-state index contributed by atoms with van der Waals surface area (Å²) in [7, 11) is 1.76. The van der Waals surface area contributed by atoms with Gasteiger partial charge in [-0.3, -0.25) is 14.3 Å². The normalized spacial score (nSPS) is 22.5. The van der Waals surface area contributed by atoms with Gasteiger partial charge >= 0.3 is 12.1 Å². The second kappa shape index (κ2) is 5.23. The van der Waals surface area contributed by atoms with Gasteiger partial charge in [-0.15, -0.1) is 0 Å². The molecule has 4 rings (SSSR count). The summed E-state index contributed by atoms with van der Waals surface area (Å²) in [4.78, 5) is 38.9. The fourth-order valence-electron chi connectivity index (χ4n) is 3.49. The molecule has 0 unspecified atom stereocenters. The van der Waals surface area contributed by atoms with E-state index in [0.29, 0.717) is 12.2 Å². The molecular weight excluding hydrogens is 324 g/mol. The van der Waals surface area contributed by atoms with E-state index in [4.69, 9.17) is 4.74 Å². The minimum Gasteiger partial charge on any atom is -0.423 e. The number of amides is 3. The van der Waals surface area contributed by atoms with Crippen LogP contribution in [-0.2, 0) is 16.1 Å². The standard InChI is InChI=1S/C17H18N4O4/c1-9-15(18-10(2)22)25-17(24)20(9)12-4-5-14-11(6-12)7-13-8-19(3)16(23)21(13)14/h4-7,9,15H,8H2,1-3H3,(H,18,22)/t9-,15+/m0/s1. The van der Waals surface area contributed by atoms with Crippen LogP contribution >= 0.6 is 0 Å². The van der Waals surface area contributed by atoms with Gasteiger partial charge in [-0.2, -0.15) is 0 Å². The van der Waals surface area contributed by atoms with E-state index >= 15 is 0 Å². The molecule has 0 radical (unpaired) electrons. The van der Waals surface area contributed by atoms with E-state index in [0.717, 1.165) is 16.6 Å². The first kappa shape index (κ1) is 15.5. The maximum absolute atomic E-state index is 12.2. The Morgan fingerprint density at radius 3 is 2.76 bits per heavy atom. The number of nitrogens with one attached hydrogen (secondary N) is 1. The lowest BCUT2D eigenvalue weighted by Gasteiger charge is -2.21. The van der Waals surface area contributed by atoms with Crippen LogP contribution < -0.4 is 10.2 Å². The zero-order chi connectivity index (χ0) is 17.9. The fraction of sp³-hybridized carbons (Fsp3) is 0.353. The first-order valence-electron chi connectivity index (χ1n) is 8.03. The smallest absolute Gasteiger partial charge is 0.416 e. The number of ether oxygens (including phenoxy) is 1. The van der Waals surface area contributed by atoms with Crippen LogP contribution in [0.15, 0.2) is 24.3 Å². The molecule has 2 atom stereocenters. The lowest BCUT2D eigenvalue weighted by Crippen LogP contribution is -2.43. The highest BCUT2D eigenvalue weighted by molar-refractivity contribution is 5.98. The average molecular weight is 342 g/mol. The number of nitrogens with zero attached hydrogens (tertiary/aromatic N) is 3. The Morgan fingerprint density at radius 2 is 2.04 bits per heavy atom. The van der Waals surface area contributed by atoms with E-state index in [1.54, 1.807) is 22.6 Å². The Balaban J connectivity index is 1.70. The van der Waals surface area contributed by atoms with Crippen LogP contribution in [0.3, 0.4) is 0 Å². The first-order chi connectivity index (χ1) is 11.9. The van der Waals surface area contributed by atoms with E-state index in [2.05, 4.69) is 5.32 Å². The van der Waals surface area contributed by atoms with Gasteiger partial charge in [-0.1, -0.05) is 0 Å². The van der Waals surface area contributed by atoms with Crippen molar-refractivity contribution in [2.24, 2.45) is 0 Å². The maximum atomic E-state index is 12.2. The molecule has 1 aromatic carbocycles. The van der Waals surface area contributed by atoms with Gasteiger partial charge in [-0.05, 0) is 31.2 Å². The molecule has 1 fully saturated rings. The third-order valence-corrected chi connectivity index (χ3v) is 4.67. The lowest BCUT2D eigenvalue weighted by molar-refractivity contribution is -0.121. The molecule has 3 heterocycles. The SMILES string of the molecule is CC(=O)N[C@@H]1OC(=O)N(c2ccc3c(c2)cc2n3C(=O)N(C)C2)[C@H]1C. The van der Waals surface area contributed by atoms with Crippen molar-refractivity contribution in [1.82, 2.24) is 14.8 Å². The largest absolute Gasteiger partial charge is 0.423 e. The molecule has 1 saturated heterocycles. The van der Waals surface area contributed by atoms with Crippen LogP contribution in [0.5, 0.6) is 0 Å². The molecule has 2 aromatic rings. The third-order valence-electron chi connectivity index (χ3n) is 4.67. The van der Waals surface area contributed by atoms with Crippen LogP contribution in [0.2, 0.25) is 0 Å². The highest BCUT2D eigenvalue weighted by Gasteiger charge is 2.40. The van der Waals surface area contributed by atoms with E-state index in [9.17, 15) is 14.4 Å². The van der Waals surface area contributed by atoms with Crippen LogP contribution in [0.25, 0.3) is 10.9 Å². The van der Waals surface area contributed by atoms with Gasteiger partial charge < -0.3 is 15.0 Å². The van der Waals surface area contributed by atoms with E-state index in [1.807, 2.05) is 25.1 Å². The van der Waals surface area contributed by atoms with Crippen molar-refractivity contribution in [3.05, 3.63) is 30.0 Å². The van der Waals surface area contributed by atoms with Crippen molar-refractivity contribution in [3.63, 3.8) is 0 Å². The van der Waals surface area contributed by atoms with Crippen molar-refractivity contribution >= 4 is 34.6 Å². The topological polar surface area (TPSA) is 83.9 Å². The molecule has 2 aliphatic heterocycles. The highest BCUT2D eigenvalue weighted by Crippen LogP contribution is 2.32. The summed E-state index contributed by atoms with van der Waals surface area (Å²) in [6.45, 7) is 3.76. The number of hydrogen-bond donors (Lipinski definition) is 1. The summed E-state index contributed by atoms with van der Waals surface area (Å²) in [5.74, 6) is -0.256. The van der Waals surface area contributed by atoms with Gasteiger partial charge in [0.05, 0.1) is 18.1 Å². The average Bonchev–Trinajstić information content (AvgIpc) is 3.11. The van der Waals surface area contributed by atoms with Gasteiger partial charge in [0.25, 0.3) is 0 Å². The molecule has 25 heavy (non-hydrogen) atoms. The molecule has 0 aliphatic carbocycles. The monoisotopic (exact) mass is 342 g/mol. The van der Waals surface area contributed by atoms with Crippen LogP contribution in [-0.4, -0.2) is 46.8 Å². The number of hydrogen-bond acceptors (Lipinski definition) is 4. The number of rotatable bonds is 2. The second-order valence-corrected chi connectivity index (χ2v) is 6.47. The van der Waals surface area contributed by atoms with Crippen molar-refractivity contribution < 1.29 is 19.1 Å². The van der Waals surface area contributed by atoms with Gasteiger partial charge in [0, 0.05) is 30.7 Å². The van der Waals surface area contributed by atoms with E-state index in [-0.39, 0.29) is 18.0 Å². The number of carbonyl (C=O) groups excluding carboxylic acids is 3. The summed E-state index contributed by atoms with van der Waals surface area (Å²) in [5.41, 5.74) is 2.41. The van der Waals surface area contributed by atoms with Crippen molar-refractivity contribution in [2.75, 3.05) is 11.9 Å². The number of cyclic esters (lactones) is 1. The second-order valence-electron chi connectivity index (χ2n) is 6.47. The Labute approximate surface area is 143 Å². The van der Waals surface area contributed by atoms with E-state index < -0.39 is 12.3 Å². The summed E-state index contributed by atoms with van der Waals surface area (Å²) < 4.78 is 6.93. The zero-order valence-corrected chi connectivity index (χ0v) is 14.1. The maximum Gasteiger partial charge on any atom is 0.416 e. The van der Waals surface area contributed by atoms with Crippen LogP contribution in [0.4, 0.5) is 15.3 Å². The lowest BCUT2D eigenvalue weighted by atomic mass is 10.2. The summed E-state index contributed by atoms with van der Waals surface area (Å²) in [6.07, 6.45) is -1.19. The van der Waals surface area contributed by atoms with Gasteiger partial charge in [0.1, 0.15) is 0 Å². The van der Waals surface area contributed by atoms with Crippen molar-refractivity contribution in [1.29, 1.82) is 0 Å². The number of anilines is 1. The number of aromatic nitrogens is 1. The predicted molar refractivity (Wildman–Crippen MR) is 90.2 cm³/mol. The molecule has 0 saturated carbocycles. The molecular formula is C17H18N4O4. The Hall–Kier alpha value is -3.03. The van der Waals surface area contributed by atoms with Gasteiger partial charge in [0.2, 0.25) is 5.91 Å². The predicted octanol–water partition coefficient (Wildman–Crippen LogP) is 1.86. The summed E-state index contributed by atoms with van der Waals surface area (Å²) in [5, 5.41) is 3.51. The zero-order valence-electron chi connectivity index (χ0n) is 14.1. The number of fused-ring (bicyclic) bond motifs is 3. The van der Waals surface area contributed by atoms with Crippen molar-refractivity contribution in [2.45, 2.75) is 32.7 Å². The molecule has 130 valence electrons. The van der Waals surface area contributed by atoms with E-state index in [1.165, 1.54) is 11.8 Å². The molecule has 1 N–H and O–H groups in total. The van der Waals surface area contributed by atoms with Crippen LogP contribution in [0, 0.1) is 0 Å². The third kappa shape index (κ3) is 2.25. The van der Waals surface area contributed by atoms with Gasteiger partial charge in [-0.25, -0.2) is 9.59 Å². The first-order valence-corrected chi connectivity index (χ1v) is 8.03. The Morgan fingerprint density at radius 1 is 1.28 bits per heavy atom. The quantitative estimate of drug-likeness (QED) is 0.903. The van der Waals surface area contributed by atoms with Gasteiger partial charge in [0.15, 0.2) is 6.23 Å². The number of benzene rings is 1. The molecule has 8 heteroatoms. The Kier molecular flexibility index (Phi) is 3.24. The minimum absolute atomic E-state index is 0.0579. The molecule has 0 bridgehead atoms. The molecule has 2 aliphatic rings. The van der Waals surface area contributed by atoms with Crippen molar-refractivity contribution in [3.8, 4) is 0 Å². The highest BCUT2D eigenvalue weighted by atomic mass is 16.6. The molecule has 3 amide bonds. The summed E-state index contributed by atoms with van der Waals surface area (Å²) >= 11 is 0. The molecule has 8 nitrogen and oxygen atoms in total. The minimum atomic E-state index is -0.685.